The monoisotopic (exact) mass is 542 g/mol. The molecule has 0 bridgehead atoms. The minimum Gasteiger partial charge on any atom is -0.466 e. The molecule has 3 aromatic rings. The molecule has 10 heteroatoms. The Labute approximate surface area is 218 Å². The van der Waals surface area contributed by atoms with Crippen molar-refractivity contribution in [2.75, 3.05) is 7.11 Å². The third-order valence-corrected chi connectivity index (χ3v) is 8.63. The first-order valence-corrected chi connectivity index (χ1v) is 14.3. The van der Waals surface area contributed by atoms with E-state index in [9.17, 15) is 21.6 Å². The molecule has 0 radical (unpaired) electrons. The smallest absolute Gasteiger partial charge is 0.337 e. The molecule has 0 spiro atoms. The second-order valence-electron chi connectivity index (χ2n) is 8.70. The van der Waals surface area contributed by atoms with Gasteiger partial charge in [0.1, 0.15) is 0 Å². The van der Waals surface area contributed by atoms with E-state index >= 15 is 0 Å². The summed E-state index contributed by atoms with van der Waals surface area (Å²) in [4.78, 5) is 12.9. The average Bonchev–Trinajstić information content (AvgIpc) is 2.84. The van der Waals surface area contributed by atoms with Gasteiger partial charge in [-0.25, -0.2) is 21.6 Å². The van der Waals surface area contributed by atoms with Crippen LogP contribution in [-0.2, 0) is 29.6 Å². The molecule has 0 aliphatic rings. The molecule has 0 amide bonds. The normalized spacial score (nSPS) is 13.2. The maximum atomic E-state index is 13.4. The summed E-state index contributed by atoms with van der Waals surface area (Å²) >= 11 is 0. The van der Waals surface area contributed by atoms with Gasteiger partial charge in [-0.05, 0) is 68.7 Å². The van der Waals surface area contributed by atoms with Crippen LogP contribution in [0.2, 0.25) is 0 Å². The summed E-state index contributed by atoms with van der Waals surface area (Å²) in [6.45, 7) is 7.22. The van der Waals surface area contributed by atoms with Crippen LogP contribution in [-0.4, -0.2) is 29.9 Å². The number of sulfonamides is 2. The minimum atomic E-state index is -4.13. The lowest BCUT2D eigenvalue weighted by atomic mass is 9.92. The first-order valence-electron chi connectivity index (χ1n) is 11.4. The minimum absolute atomic E-state index is 0.00112. The van der Waals surface area contributed by atoms with E-state index in [1.165, 1.54) is 24.3 Å². The van der Waals surface area contributed by atoms with Gasteiger partial charge in [0.2, 0.25) is 10.0 Å². The summed E-state index contributed by atoms with van der Waals surface area (Å²) in [5.74, 6) is -0.897. The van der Waals surface area contributed by atoms with Crippen LogP contribution < -0.4 is 9.44 Å². The van der Waals surface area contributed by atoms with Gasteiger partial charge in [0.05, 0.1) is 28.5 Å². The maximum Gasteiger partial charge on any atom is 0.337 e. The number of hydrogen-bond donors (Lipinski definition) is 2. The van der Waals surface area contributed by atoms with Gasteiger partial charge in [0, 0.05) is 6.20 Å². The number of benzene rings is 3. The second-order valence-corrected chi connectivity index (χ2v) is 12.1. The van der Waals surface area contributed by atoms with E-state index in [1.54, 1.807) is 56.3 Å². The predicted molar refractivity (Wildman–Crippen MR) is 142 cm³/mol. The molecule has 0 heterocycles. The number of nitrogens with one attached hydrogen (secondary N) is 2. The Hall–Kier alpha value is -3.47. The van der Waals surface area contributed by atoms with E-state index in [2.05, 4.69) is 9.44 Å². The Morgan fingerprint density at radius 3 is 1.68 bits per heavy atom. The summed E-state index contributed by atoms with van der Waals surface area (Å²) < 4.78 is 62.5. The van der Waals surface area contributed by atoms with E-state index in [-0.39, 0.29) is 15.4 Å². The highest BCUT2D eigenvalue weighted by atomic mass is 32.2. The number of carbonyl (C=O) groups is 1. The zero-order chi connectivity index (χ0) is 27.4. The van der Waals surface area contributed by atoms with Crippen molar-refractivity contribution in [2.24, 2.45) is 0 Å². The molecule has 0 aliphatic carbocycles. The lowest BCUT2D eigenvalue weighted by Crippen LogP contribution is -2.34. The first-order chi connectivity index (χ1) is 17.4. The van der Waals surface area contributed by atoms with Gasteiger partial charge in [-0.15, -0.1) is 0 Å². The van der Waals surface area contributed by atoms with E-state index in [0.717, 1.165) is 24.4 Å². The summed E-state index contributed by atoms with van der Waals surface area (Å²) in [7, 11) is -7.05. The van der Waals surface area contributed by atoms with Crippen molar-refractivity contribution in [2.45, 2.75) is 43.5 Å². The maximum absolute atomic E-state index is 13.4. The second kappa shape index (κ2) is 11.3. The number of ether oxygens (including phenoxy) is 1. The summed E-state index contributed by atoms with van der Waals surface area (Å²) in [6, 6.07) is 16.5. The Morgan fingerprint density at radius 1 is 0.757 bits per heavy atom. The van der Waals surface area contributed by atoms with Crippen LogP contribution in [0.15, 0.2) is 88.3 Å². The Balaban J connectivity index is 2.15. The number of hydrogen-bond acceptors (Lipinski definition) is 6. The molecular formula is C27H30N2O6S2. The largest absolute Gasteiger partial charge is 0.466 e. The fourth-order valence-corrected chi connectivity index (χ4v) is 5.90. The first kappa shape index (κ1) is 28.1. The molecular weight excluding hydrogens is 512 g/mol. The Morgan fingerprint density at radius 2 is 1.22 bits per heavy atom. The fourth-order valence-electron chi connectivity index (χ4n) is 3.81. The van der Waals surface area contributed by atoms with Crippen molar-refractivity contribution in [3.05, 3.63) is 106 Å². The molecule has 2 N–H and O–H groups in total. The van der Waals surface area contributed by atoms with Crippen LogP contribution in [0.25, 0.3) is 0 Å². The average molecular weight is 543 g/mol. The van der Waals surface area contributed by atoms with E-state index in [1.807, 2.05) is 13.8 Å². The van der Waals surface area contributed by atoms with Crippen LogP contribution in [0.4, 0.5) is 0 Å². The zero-order valence-corrected chi connectivity index (χ0v) is 22.9. The van der Waals surface area contributed by atoms with Gasteiger partial charge in [-0.1, -0.05) is 53.6 Å². The van der Waals surface area contributed by atoms with Gasteiger partial charge in [-0.3, -0.25) is 4.72 Å². The third kappa shape index (κ3) is 6.65. The van der Waals surface area contributed by atoms with Crippen LogP contribution in [0.3, 0.4) is 0 Å². The molecule has 3 aromatic carbocycles. The fraction of sp³-hybridized carbons (Fsp3) is 0.222. The SMILES string of the molecule is COC(=O)/C(=C/NS(=O)(=O)c1ccc(C)cc1)C(NS(=O)(=O)c1ccc(C)cc1)c1c(C)cccc1C. The van der Waals surface area contributed by atoms with Crippen molar-refractivity contribution >= 4 is 26.0 Å². The number of rotatable bonds is 9. The number of aryl methyl sites for hydroxylation is 4. The molecule has 0 fully saturated rings. The van der Waals surface area contributed by atoms with Gasteiger partial charge >= 0.3 is 5.97 Å². The quantitative estimate of drug-likeness (QED) is 0.312. The zero-order valence-electron chi connectivity index (χ0n) is 21.3. The Bertz CT molecular complexity index is 1510. The highest BCUT2D eigenvalue weighted by Gasteiger charge is 2.31. The van der Waals surface area contributed by atoms with Crippen LogP contribution in [0.1, 0.15) is 33.9 Å². The van der Waals surface area contributed by atoms with Crippen LogP contribution in [0.5, 0.6) is 0 Å². The molecule has 8 nitrogen and oxygen atoms in total. The lowest BCUT2D eigenvalue weighted by molar-refractivity contribution is -0.136. The highest BCUT2D eigenvalue weighted by Crippen LogP contribution is 2.30. The topological polar surface area (TPSA) is 119 Å². The summed E-state index contributed by atoms with van der Waals surface area (Å²) in [6.07, 6.45) is 0.981. The van der Waals surface area contributed by atoms with Crippen molar-refractivity contribution in [1.82, 2.24) is 9.44 Å². The molecule has 0 aromatic heterocycles. The van der Waals surface area contributed by atoms with Crippen LogP contribution >= 0.6 is 0 Å². The molecule has 0 aliphatic heterocycles. The van der Waals surface area contributed by atoms with E-state index in [4.69, 9.17) is 4.74 Å². The Kier molecular flexibility index (Phi) is 8.57. The number of esters is 1. The summed E-state index contributed by atoms with van der Waals surface area (Å²) in [5, 5.41) is 0. The number of methoxy groups -OCH3 is 1. The van der Waals surface area contributed by atoms with Gasteiger partial charge in [0.15, 0.2) is 0 Å². The predicted octanol–water partition coefficient (Wildman–Crippen LogP) is 3.98. The standard InChI is InChI=1S/C27H30N2O6S2/c1-18-9-13-22(14-10-18)36(31,32)28-17-24(27(30)35-5)26(25-20(3)7-6-8-21(25)4)29-37(33,34)23-15-11-19(2)12-16-23/h6-17,26,28-29H,1-5H3/b24-17+. The molecule has 0 saturated heterocycles. The third-order valence-electron chi connectivity index (χ3n) is 5.87. The van der Waals surface area contributed by atoms with Crippen LogP contribution in [0, 0.1) is 27.7 Å². The number of carbonyl (C=O) groups excluding carboxylic acids is 1. The van der Waals surface area contributed by atoms with E-state index < -0.39 is 32.1 Å². The van der Waals surface area contributed by atoms with Crippen molar-refractivity contribution in [3.63, 3.8) is 0 Å². The molecule has 1 unspecified atom stereocenters. The van der Waals surface area contributed by atoms with E-state index in [0.29, 0.717) is 16.7 Å². The van der Waals surface area contributed by atoms with Gasteiger partial charge in [0.25, 0.3) is 10.0 Å². The van der Waals surface area contributed by atoms with Crippen molar-refractivity contribution < 1.29 is 26.4 Å². The highest BCUT2D eigenvalue weighted by molar-refractivity contribution is 7.89. The van der Waals surface area contributed by atoms with Crippen molar-refractivity contribution in [1.29, 1.82) is 0 Å². The molecule has 1 atom stereocenters. The van der Waals surface area contributed by atoms with Gasteiger partial charge < -0.3 is 4.74 Å². The molecule has 37 heavy (non-hydrogen) atoms. The molecule has 196 valence electrons. The van der Waals surface area contributed by atoms with Gasteiger partial charge in [-0.2, -0.15) is 4.72 Å². The summed E-state index contributed by atoms with van der Waals surface area (Å²) in [5.41, 5.74) is 3.44. The molecule has 3 rings (SSSR count). The lowest BCUT2D eigenvalue weighted by Gasteiger charge is -2.24. The molecule has 0 saturated carbocycles. The van der Waals surface area contributed by atoms with Crippen molar-refractivity contribution in [3.8, 4) is 0 Å².